The van der Waals surface area contributed by atoms with Crippen molar-refractivity contribution in [2.24, 2.45) is 0 Å². The zero-order chi connectivity index (χ0) is 28.3. The molecule has 4 rings (SSSR count). The topological polar surface area (TPSA) is 136 Å². The molecule has 0 atom stereocenters. The second kappa shape index (κ2) is 12.0. The van der Waals surface area contributed by atoms with Crippen LogP contribution in [0.1, 0.15) is 11.1 Å². The number of nitro benzene ring substituents is 1. The molecule has 0 saturated carbocycles. The van der Waals surface area contributed by atoms with Gasteiger partial charge in [-0.2, -0.15) is 0 Å². The number of hydrogen-bond acceptors (Lipinski definition) is 7. The number of non-ortho nitro benzene ring substituents is 1. The maximum atomic E-state index is 13.3. The van der Waals surface area contributed by atoms with Crippen molar-refractivity contribution in [3.05, 3.63) is 106 Å². The molecule has 3 aromatic carbocycles. The Morgan fingerprint density at radius 3 is 2.33 bits per heavy atom. The van der Waals surface area contributed by atoms with Gasteiger partial charge in [-0.25, -0.2) is 14.5 Å². The Hall–Kier alpha value is -3.69. The summed E-state index contributed by atoms with van der Waals surface area (Å²) in [5.41, 5.74) is 0.560. The summed E-state index contributed by atoms with van der Waals surface area (Å²) in [5.74, 6) is -2.52. The summed E-state index contributed by atoms with van der Waals surface area (Å²) in [7, 11) is 0. The lowest BCUT2D eigenvalue weighted by Crippen LogP contribution is -2.54. The number of hydrogen-bond donors (Lipinski definition) is 1. The number of rotatable bonds is 6. The van der Waals surface area contributed by atoms with E-state index in [-0.39, 0.29) is 28.3 Å². The molecule has 0 radical (unpaired) electrons. The van der Waals surface area contributed by atoms with Crippen LogP contribution in [0.2, 0.25) is 0 Å². The first kappa shape index (κ1) is 28.3. The lowest BCUT2D eigenvalue weighted by atomic mass is 10.1. The maximum absolute atomic E-state index is 13.3. The Labute approximate surface area is 251 Å². The van der Waals surface area contributed by atoms with Gasteiger partial charge in [-0.15, -0.1) is 0 Å². The number of halogens is 3. The molecule has 0 aromatic heterocycles. The Balaban J connectivity index is 1.64. The summed E-state index contributed by atoms with van der Waals surface area (Å²) in [5, 5.41) is 13.0. The van der Waals surface area contributed by atoms with Gasteiger partial charge in [-0.3, -0.25) is 25.0 Å². The van der Waals surface area contributed by atoms with Crippen LogP contribution in [0.25, 0.3) is 12.2 Å². The zero-order valence-corrected chi connectivity index (χ0v) is 24.7. The molecule has 196 valence electrons. The van der Waals surface area contributed by atoms with Crippen LogP contribution in [0.5, 0.6) is 5.75 Å². The van der Waals surface area contributed by atoms with Crippen LogP contribution in [0.3, 0.4) is 0 Å². The van der Waals surface area contributed by atoms with E-state index in [1.165, 1.54) is 42.5 Å². The van der Waals surface area contributed by atoms with Crippen LogP contribution >= 0.6 is 54.5 Å². The minimum atomic E-state index is -0.904. The van der Waals surface area contributed by atoms with E-state index >= 15 is 0 Å². The molecular weight excluding hydrogens is 753 g/mol. The number of imide groups is 2. The Morgan fingerprint density at radius 1 is 1.03 bits per heavy atom. The highest BCUT2D eigenvalue weighted by Crippen LogP contribution is 2.35. The number of carbonyl (C=O) groups is 4. The van der Waals surface area contributed by atoms with E-state index in [4.69, 9.17) is 4.74 Å². The van der Waals surface area contributed by atoms with Gasteiger partial charge in [0.1, 0.15) is 5.57 Å². The zero-order valence-electron chi connectivity index (χ0n) is 19.4. The van der Waals surface area contributed by atoms with Gasteiger partial charge < -0.3 is 4.74 Å². The molecule has 0 unspecified atom stereocenters. The highest BCUT2D eigenvalue weighted by atomic mass is 127. The number of nitro groups is 1. The highest BCUT2D eigenvalue weighted by Gasteiger charge is 2.37. The lowest BCUT2D eigenvalue weighted by molar-refractivity contribution is -0.384. The molecule has 3 aromatic rings. The standard InChI is InChI=1S/C26H14Br2IN3O7/c27-16-11-15(12-20-24(34)30-26(36)31(25(20)35)18-8-4-17(29)5-9-18)23(21(28)13-16)39-22(33)10-3-14-1-6-19(7-2-14)32(37)38/h1-13H,(H,30,34,36)/b10-3+,20-12-. The largest absolute Gasteiger partial charge is 0.422 e. The van der Waals surface area contributed by atoms with Gasteiger partial charge in [-0.05, 0) is 105 Å². The van der Waals surface area contributed by atoms with Crippen molar-refractivity contribution >= 4 is 102 Å². The minimum Gasteiger partial charge on any atom is -0.422 e. The quantitative estimate of drug-likeness (QED) is 0.0618. The molecule has 39 heavy (non-hydrogen) atoms. The number of urea groups is 1. The Bertz CT molecular complexity index is 1590. The normalized spacial score (nSPS) is 14.6. The van der Waals surface area contributed by atoms with Crippen LogP contribution < -0.4 is 15.0 Å². The van der Waals surface area contributed by atoms with Gasteiger partial charge in [0, 0.05) is 31.8 Å². The molecule has 0 spiro atoms. The summed E-state index contributed by atoms with van der Waals surface area (Å²) in [6, 6.07) is 14.4. The second-order valence-corrected chi connectivity index (χ2v) is 10.9. The van der Waals surface area contributed by atoms with Gasteiger partial charge in [0.2, 0.25) is 0 Å². The third kappa shape index (κ3) is 6.66. The van der Waals surface area contributed by atoms with Gasteiger partial charge in [0.05, 0.1) is 15.1 Å². The minimum absolute atomic E-state index is 0.0161. The summed E-state index contributed by atoms with van der Waals surface area (Å²) >= 11 is 8.75. The highest BCUT2D eigenvalue weighted by molar-refractivity contribution is 14.1. The van der Waals surface area contributed by atoms with E-state index in [0.717, 1.165) is 14.5 Å². The molecule has 1 N–H and O–H groups in total. The number of nitrogens with one attached hydrogen (secondary N) is 1. The van der Waals surface area contributed by atoms with E-state index < -0.39 is 28.7 Å². The first-order valence-electron chi connectivity index (χ1n) is 10.8. The lowest BCUT2D eigenvalue weighted by Gasteiger charge is -2.26. The predicted octanol–water partition coefficient (Wildman–Crippen LogP) is 6.01. The van der Waals surface area contributed by atoms with Crippen molar-refractivity contribution in [2.45, 2.75) is 0 Å². The number of benzene rings is 3. The van der Waals surface area contributed by atoms with E-state index in [2.05, 4.69) is 59.8 Å². The number of carbonyl (C=O) groups excluding carboxylic acids is 4. The second-order valence-electron chi connectivity index (χ2n) is 7.84. The van der Waals surface area contributed by atoms with E-state index in [1.807, 2.05) is 0 Å². The van der Waals surface area contributed by atoms with E-state index in [1.54, 1.807) is 30.3 Å². The predicted molar refractivity (Wildman–Crippen MR) is 158 cm³/mol. The van der Waals surface area contributed by atoms with E-state index in [9.17, 15) is 29.3 Å². The fourth-order valence-corrected chi connectivity index (χ4v) is 5.14. The molecule has 1 aliphatic rings. The summed E-state index contributed by atoms with van der Waals surface area (Å²) < 4.78 is 7.29. The van der Waals surface area contributed by atoms with Gasteiger partial charge in [0.25, 0.3) is 17.5 Å². The fourth-order valence-electron chi connectivity index (χ4n) is 3.44. The van der Waals surface area contributed by atoms with Crippen LogP contribution in [-0.4, -0.2) is 28.7 Å². The molecule has 0 aliphatic carbocycles. The molecule has 1 saturated heterocycles. The molecule has 1 fully saturated rings. The van der Waals surface area contributed by atoms with Crippen molar-refractivity contribution in [1.82, 2.24) is 5.32 Å². The fraction of sp³-hybridized carbons (Fsp3) is 0. The van der Waals surface area contributed by atoms with Gasteiger partial charge >= 0.3 is 12.0 Å². The first-order chi connectivity index (χ1) is 18.5. The smallest absolute Gasteiger partial charge is 0.336 e. The van der Waals surface area contributed by atoms with Crippen molar-refractivity contribution in [3.63, 3.8) is 0 Å². The van der Waals surface area contributed by atoms with Gasteiger partial charge in [-0.1, -0.05) is 15.9 Å². The Kier molecular flexibility index (Phi) is 8.72. The first-order valence-corrected chi connectivity index (χ1v) is 13.5. The number of ether oxygens (including phenoxy) is 1. The average Bonchev–Trinajstić information content (AvgIpc) is 2.88. The molecule has 1 aliphatic heterocycles. The number of esters is 1. The van der Waals surface area contributed by atoms with Crippen molar-refractivity contribution < 1.29 is 28.8 Å². The third-order valence-electron chi connectivity index (χ3n) is 5.24. The number of amides is 4. The summed E-state index contributed by atoms with van der Waals surface area (Å²) in [6.45, 7) is 0. The molecule has 13 heteroatoms. The molecule has 10 nitrogen and oxygen atoms in total. The van der Waals surface area contributed by atoms with Crippen molar-refractivity contribution in [1.29, 1.82) is 0 Å². The maximum Gasteiger partial charge on any atom is 0.336 e. The molecule has 1 heterocycles. The van der Waals surface area contributed by atoms with E-state index in [0.29, 0.717) is 14.5 Å². The van der Waals surface area contributed by atoms with Crippen LogP contribution in [0, 0.1) is 13.7 Å². The van der Waals surface area contributed by atoms with Crippen LogP contribution in [-0.2, 0) is 14.4 Å². The number of anilines is 1. The number of nitrogens with zero attached hydrogens (tertiary/aromatic N) is 2. The van der Waals surface area contributed by atoms with Crippen molar-refractivity contribution in [2.75, 3.05) is 4.90 Å². The Morgan fingerprint density at radius 2 is 1.69 bits per heavy atom. The molecule has 4 amide bonds. The SMILES string of the molecule is O=C(/C=C/c1ccc([N+](=O)[O-])cc1)Oc1c(Br)cc(Br)cc1/C=C1/C(=O)NC(=O)N(c2ccc(I)cc2)C1=O. The number of barbiturate groups is 1. The van der Waals surface area contributed by atoms with Crippen molar-refractivity contribution in [3.8, 4) is 5.75 Å². The average molecular weight is 767 g/mol. The van der Waals surface area contributed by atoms with Crippen LogP contribution in [0.4, 0.5) is 16.2 Å². The molecule has 0 bridgehead atoms. The summed E-state index contributed by atoms with van der Waals surface area (Å²) in [4.78, 5) is 62.1. The molecular formula is C26H14Br2IN3O7. The monoisotopic (exact) mass is 765 g/mol. The van der Waals surface area contributed by atoms with Gasteiger partial charge in [0.15, 0.2) is 5.75 Å². The summed E-state index contributed by atoms with van der Waals surface area (Å²) in [6.07, 6.45) is 3.77. The van der Waals surface area contributed by atoms with Crippen LogP contribution in [0.15, 0.2) is 81.3 Å². The third-order valence-corrected chi connectivity index (χ3v) is 7.01.